The summed E-state index contributed by atoms with van der Waals surface area (Å²) in [6.07, 6.45) is -6.72. The standard InChI is InChI=1S/C13H11F4NO2/c1-18(2)12-9(10(19)11(14)20-12)7-4-3-5-8(6-7)13(15,16)17/h3-6,11H,1-2H3. The minimum Gasteiger partial charge on any atom is -0.437 e. The lowest BCUT2D eigenvalue weighted by molar-refractivity contribution is -0.137. The summed E-state index contributed by atoms with van der Waals surface area (Å²) in [6, 6.07) is 4.16. The van der Waals surface area contributed by atoms with Gasteiger partial charge in [0.1, 0.15) is 0 Å². The van der Waals surface area contributed by atoms with Gasteiger partial charge in [0.25, 0.3) is 0 Å². The minimum absolute atomic E-state index is 0.0197. The molecule has 0 radical (unpaired) electrons. The number of ether oxygens (including phenoxy) is 1. The largest absolute Gasteiger partial charge is 0.437 e. The molecule has 1 aromatic rings. The first-order valence-corrected chi connectivity index (χ1v) is 5.66. The molecule has 3 nitrogen and oxygen atoms in total. The van der Waals surface area contributed by atoms with Crippen LogP contribution in [0.4, 0.5) is 17.6 Å². The van der Waals surface area contributed by atoms with Crippen molar-refractivity contribution in [2.75, 3.05) is 14.1 Å². The lowest BCUT2D eigenvalue weighted by Gasteiger charge is -2.15. The second kappa shape index (κ2) is 4.81. The first kappa shape index (κ1) is 14.4. The summed E-state index contributed by atoms with van der Waals surface area (Å²) in [5, 5.41) is 0. The Morgan fingerprint density at radius 3 is 2.45 bits per heavy atom. The van der Waals surface area contributed by atoms with Crippen LogP contribution in [-0.2, 0) is 15.7 Å². The molecule has 108 valence electrons. The number of halogens is 4. The molecule has 0 saturated heterocycles. The predicted molar refractivity (Wildman–Crippen MR) is 63.0 cm³/mol. The molecule has 1 heterocycles. The van der Waals surface area contributed by atoms with Crippen LogP contribution in [0.2, 0.25) is 0 Å². The number of carbonyl (C=O) groups is 1. The minimum atomic E-state index is -4.54. The van der Waals surface area contributed by atoms with Gasteiger partial charge >= 0.3 is 12.5 Å². The van der Waals surface area contributed by atoms with E-state index in [0.29, 0.717) is 0 Å². The smallest absolute Gasteiger partial charge is 0.416 e. The Balaban J connectivity index is 2.54. The third-order valence-corrected chi connectivity index (χ3v) is 2.77. The maximum absolute atomic E-state index is 13.3. The normalized spacial score (nSPS) is 19.3. The van der Waals surface area contributed by atoms with E-state index in [-0.39, 0.29) is 17.0 Å². The number of rotatable bonds is 2. The van der Waals surface area contributed by atoms with Crippen molar-refractivity contribution in [3.05, 3.63) is 41.3 Å². The van der Waals surface area contributed by atoms with E-state index in [4.69, 9.17) is 4.74 Å². The molecule has 0 aliphatic carbocycles. The molecule has 1 aliphatic heterocycles. The molecule has 0 N–H and O–H groups in total. The summed E-state index contributed by atoms with van der Waals surface area (Å²) in [7, 11) is 3.02. The Morgan fingerprint density at radius 1 is 1.25 bits per heavy atom. The van der Waals surface area contributed by atoms with E-state index < -0.39 is 23.9 Å². The fourth-order valence-electron chi connectivity index (χ4n) is 1.88. The number of ketones is 1. The van der Waals surface area contributed by atoms with Crippen molar-refractivity contribution >= 4 is 11.4 Å². The lowest BCUT2D eigenvalue weighted by atomic mass is 10.0. The van der Waals surface area contributed by atoms with Gasteiger partial charge in [0.2, 0.25) is 11.7 Å². The summed E-state index contributed by atoms with van der Waals surface area (Å²) < 4.78 is 56.1. The summed E-state index contributed by atoms with van der Waals surface area (Å²) in [6.45, 7) is 0. The molecule has 0 aromatic heterocycles. The molecule has 1 aromatic carbocycles. The van der Waals surface area contributed by atoms with E-state index >= 15 is 0 Å². The highest BCUT2D eigenvalue weighted by molar-refractivity contribution is 6.24. The van der Waals surface area contributed by atoms with E-state index in [2.05, 4.69) is 0 Å². The zero-order valence-corrected chi connectivity index (χ0v) is 10.7. The van der Waals surface area contributed by atoms with E-state index in [0.717, 1.165) is 18.2 Å². The molecule has 7 heteroatoms. The van der Waals surface area contributed by atoms with Gasteiger partial charge < -0.3 is 9.64 Å². The summed E-state index contributed by atoms with van der Waals surface area (Å²) in [5.41, 5.74) is -1.11. The lowest BCUT2D eigenvalue weighted by Crippen LogP contribution is -2.14. The van der Waals surface area contributed by atoms with Gasteiger partial charge in [0, 0.05) is 14.1 Å². The molecule has 0 bridgehead atoms. The molecule has 1 unspecified atom stereocenters. The summed E-state index contributed by atoms with van der Waals surface area (Å²) in [5.74, 6) is -1.06. The van der Waals surface area contributed by atoms with Crippen LogP contribution in [0.5, 0.6) is 0 Å². The topological polar surface area (TPSA) is 29.5 Å². The molecule has 2 rings (SSSR count). The first-order chi connectivity index (χ1) is 9.21. The zero-order valence-electron chi connectivity index (χ0n) is 10.7. The van der Waals surface area contributed by atoms with Crippen LogP contribution in [-0.4, -0.2) is 31.1 Å². The van der Waals surface area contributed by atoms with Crippen LogP contribution >= 0.6 is 0 Å². The van der Waals surface area contributed by atoms with Crippen LogP contribution in [0.1, 0.15) is 11.1 Å². The number of hydrogen-bond acceptors (Lipinski definition) is 3. The second-order valence-electron chi connectivity index (χ2n) is 4.45. The van der Waals surface area contributed by atoms with Crippen molar-refractivity contribution in [2.24, 2.45) is 0 Å². The molecular formula is C13H11F4NO2. The van der Waals surface area contributed by atoms with Crippen molar-refractivity contribution in [2.45, 2.75) is 12.5 Å². The van der Waals surface area contributed by atoms with Gasteiger partial charge in [-0.1, -0.05) is 12.1 Å². The number of nitrogens with zero attached hydrogens (tertiary/aromatic N) is 1. The number of carbonyl (C=O) groups excluding carboxylic acids is 1. The number of hydrogen-bond donors (Lipinski definition) is 0. The molecule has 0 spiro atoms. The van der Waals surface area contributed by atoms with Crippen molar-refractivity contribution in [1.82, 2.24) is 4.90 Å². The van der Waals surface area contributed by atoms with Crippen LogP contribution in [0.15, 0.2) is 30.1 Å². The van der Waals surface area contributed by atoms with Gasteiger partial charge in [-0.2, -0.15) is 17.6 Å². The summed E-state index contributed by atoms with van der Waals surface area (Å²) >= 11 is 0. The number of alkyl halides is 4. The molecular weight excluding hydrogens is 278 g/mol. The van der Waals surface area contributed by atoms with E-state index in [1.165, 1.54) is 25.1 Å². The fourth-order valence-corrected chi connectivity index (χ4v) is 1.88. The van der Waals surface area contributed by atoms with Crippen molar-refractivity contribution in [1.29, 1.82) is 0 Å². The van der Waals surface area contributed by atoms with Gasteiger partial charge in [-0.25, -0.2) is 0 Å². The van der Waals surface area contributed by atoms with Crippen LogP contribution in [0.25, 0.3) is 5.57 Å². The Labute approximate surface area is 112 Å². The summed E-state index contributed by atoms with van der Waals surface area (Å²) in [4.78, 5) is 13.1. The monoisotopic (exact) mass is 289 g/mol. The quantitative estimate of drug-likeness (QED) is 0.784. The molecule has 1 atom stereocenters. The second-order valence-corrected chi connectivity index (χ2v) is 4.45. The van der Waals surface area contributed by atoms with Gasteiger partial charge in [-0.3, -0.25) is 4.79 Å². The maximum atomic E-state index is 13.3. The maximum Gasteiger partial charge on any atom is 0.416 e. The fraction of sp³-hybridized carbons (Fsp3) is 0.308. The van der Waals surface area contributed by atoms with Crippen LogP contribution in [0, 0.1) is 0 Å². The first-order valence-electron chi connectivity index (χ1n) is 5.66. The van der Waals surface area contributed by atoms with Crippen LogP contribution in [0.3, 0.4) is 0 Å². The van der Waals surface area contributed by atoms with Gasteiger partial charge in [-0.15, -0.1) is 0 Å². The average molecular weight is 289 g/mol. The third-order valence-electron chi connectivity index (χ3n) is 2.77. The zero-order chi connectivity index (χ0) is 15.1. The molecule has 20 heavy (non-hydrogen) atoms. The van der Waals surface area contributed by atoms with E-state index in [1.54, 1.807) is 0 Å². The molecule has 0 saturated carbocycles. The Bertz CT molecular complexity index is 578. The highest BCUT2D eigenvalue weighted by atomic mass is 19.4. The van der Waals surface area contributed by atoms with Crippen molar-refractivity contribution in [3.8, 4) is 0 Å². The van der Waals surface area contributed by atoms with Gasteiger partial charge in [-0.05, 0) is 17.7 Å². The molecule has 0 fully saturated rings. The Kier molecular flexibility index (Phi) is 3.45. The van der Waals surface area contributed by atoms with E-state index in [9.17, 15) is 22.4 Å². The third kappa shape index (κ3) is 2.48. The Hall–Kier alpha value is -2.05. The van der Waals surface area contributed by atoms with Gasteiger partial charge in [0.05, 0.1) is 11.1 Å². The average Bonchev–Trinajstić information content (AvgIpc) is 2.65. The molecule has 1 aliphatic rings. The van der Waals surface area contributed by atoms with Crippen molar-refractivity contribution < 1.29 is 27.1 Å². The number of benzene rings is 1. The SMILES string of the molecule is CN(C)C1=C(c2cccc(C(F)(F)F)c2)C(=O)C(F)O1. The highest BCUT2D eigenvalue weighted by Crippen LogP contribution is 2.35. The van der Waals surface area contributed by atoms with Crippen molar-refractivity contribution in [3.63, 3.8) is 0 Å². The Morgan fingerprint density at radius 2 is 1.90 bits per heavy atom. The van der Waals surface area contributed by atoms with Gasteiger partial charge in [0.15, 0.2) is 0 Å². The van der Waals surface area contributed by atoms with Crippen LogP contribution < -0.4 is 0 Å². The van der Waals surface area contributed by atoms with E-state index in [1.807, 2.05) is 0 Å². The highest BCUT2D eigenvalue weighted by Gasteiger charge is 2.38. The molecule has 0 amide bonds. The predicted octanol–water partition coefficient (Wildman–Crippen LogP) is 2.83. The number of Topliss-reactive ketones (excluding diaryl/α,β-unsaturated/α-hetero) is 1.